The first-order valence-corrected chi connectivity index (χ1v) is 7.83. The Hall–Kier alpha value is -2.41. The van der Waals surface area contributed by atoms with Crippen LogP contribution in [-0.4, -0.2) is 13.5 Å². The maximum Gasteiger partial charge on any atom is 0.573 e. The van der Waals surface area contributed by atoms with Crippen molar-refractivity contribution in [3.63, 3.8) is 0 Å². The molecular formula is C17H13F3O3S. The van der Waals surface area contributed by atoms with Crippen molar-refractivity contribution in [2.75, 3.05) is 7.11 Å². The summed E-state index contributed by atoms with van der Waals surface area (Å²) in [5.74, 6) is 1.50. The zero-order valence-electron chi connectivity index (χ0n) is 12.8. The van der Waals surface area contributed by atoms with Crippen LogP contribution in [0, 0.1) is 6.92 Å². The summed E-state index contributed by atoms with van der Waals surface area (Å²) in [7, 11) is 1.60. The molecule has 0 atom stereocenters. The van der Waals surface area contributed by atoms with Gasteiger partial charge >= 0.3 is 6.36 Å². The molecule has 0 aliphatic carbocycles. The van der Waals surface area contributed by atoms with E-state index in [1.807, 2.05) is 24.4 Å². The monoisotopic (exact) mass is 354 g/mol. The van der Waals surface area contributed by atoms with Crippen LogP contribution in [-0.2, 0) is 0 Å². The number of fused-ring (bicyclic) bond motifs is 1. The zero-order valence-corrected chi connectivity index (χ0v) is 13.6. The summed E-state index contributed by atoms with van der Waals surface area (Å²) >= 11 is 1.52. The van der Waals surface area contributed by atoms with Crippen molar-refractivity contribution in [2.24, 2.45) is 0 Å². The number of aryl methyl sites for hydroxylation is 1. The summed E-state index contributed by atoms with van der Waals surface area (Å²) in [6.07, 6.45) is -4.71. The third-order valence-corrected chi connectivity index (χ3v) is 4.26. The number of thiophene rings is 1. The molecule has 2 aromatic carbocycles. The van der Waals surface area contributed by atoms with Crippen molar-refractivity contribution >= 4 is 21.4 Å². The van der Waals surface area contributed by atoms with Crippen LogP contribution < -0.4 is 14.2 Å². The molecule has 1 heterocycles. The molecule has 0 N–H and O–H groups in total. The van der Waals surface area contributed by atoms with E-state index in [9.17, 15) is 13.2 Å². The molecule has 126 valence electrons. The number of benzene rings is 2. The van der Waals surface area contributed by atoms with Crippen LogP contribution in [0.2, 0.25) is 0 Å². The fourth-order valence-electron chi connectivity index (χ4n) is 2.27. The third-order valence-electron chi connectivity index (χ3n) is 3.34. The van der Waals surface area contributed by atoms with E-state index < -0.39 is 6.36 Å². The highest BCUT2D eigenvalue weighted by atomic mass is 32.1. The van der Waals surface area contributed by atoms with E-state index in [0.29, 0.717) is 11.5 Å². The Balaban J connectivity index is 1.84. The third kappa shape index (κ3) is 3.56. The van der Waals surface area contributed by atoms with Crippen molar-refractivity contribution in [3.05, 3.63) is 47.3 Å². The predicted molar refractivity (Wildman–Crippen MR) is 86.3 cm³/mol. The number of methoxy groups -OCH3 is 1. The van der Waals surface area contributed by atoms with Crippen molar-refractivity contribution in [3.8, 4) is 23.0 Å². The molecule has 0 radical (unpaired) electrons. The summed E-state index contributed by atoms with van der Waals surface area (Å²) < 4.78 is 52.5. The lowest BCUT2D eigenvalue weighted by Gasteiger charge is -2.10. The summed E-state index contributed by atoms with van der Waals surface area (Å²) in [6.45, 7) is 1.96. The number of hydrogen-bond donors (Lipinski definition) is 0. The Morgan fingerprint density at radius 3 is 2.25 bits per heavy atom. The first-order valence-electron chi connectivity index (χ1n) is 6.95. The average Bonchev–Trinajstić information content (AvgIpc) is 2.89. The maximum absolute atomic E-state index is 12.2. The maximum atomic E-state index is 12.2. The van der Waals surface area contributed by atoms with Gasteiger partial charge in [0, 0.05) is 15.5 Å². The van der Waals surface area contributed by atoms with E-state index in [1.54, 1.807) is 7.11 Å². The molecule has 0 bridgehead atoms. The van der Waals surface area contributed by atoms with Crippen LogP contribution in [0.15, 0.2) is 41.8 Å². The van der Waals surface area contributed by atoms with Gasteiger partial charge in [-0.2, -0.15) is 0 Å². The van der Waals surface area contributed by atoms with Gasteiger partial charge in [-0.1, -0.05) is 0 Å². The van der Waals surface area contributed by atoms with Gasteiger partial charge in [0.25, 0.3) is 0 Å². The molecule has 0 amide bonds. The lowest BCUT2D eigenvalue weighted by atomic mass is 10.1. The molecule has 24 heavy (non-hydrogen) atoms. The van der Waals surface area contributed by atoms with Gasteiger partial charge in [0.05, 0.1) is 7.11 Å². The minimum absolute atomic E-state index is 0.290. The largest absolute Gasteiger partial charge is 0.573 e. The van der Waals surface area contributed by atoms with Gasteiger partial charge in [0.2, 0.25) is 0 Å². The minimum atomic E-state index is -4.71. The van der Waals surface area contributed by atoms with Crippen LogP contribution in [0.3, 0.4) is 0 Å². The second-order valence-corrected chi connectivity index (χ2v) is 5.95. The fraction of sp³-hybridized carbons (Fsp3) is 0.176. The highest BCUT2D eigenvalue weighted by molar-refractivity contribution is 7.17. The second kappa shape index (κ2) is 6.24. The van der Waals surface area contributed by atoms with Crippen molar-refractivity contribution in [1.29, 1.82) is 0 Å². The molecule has 7 heteroatoms. The molecule has 3 nitrogen and oxygen atoms in total. The fourth-order valence-corrected chi connectivity index (χ4v) is 3.21. The smallest absolute Gasteiger partial charge is 0.496 e. The molecule has 0 aliphatic heterocycles. The summed E-state index contributed by atoms with van der Waals surface area (Å²) in [4.78, 5) is 0. The molecule has 0 unspecified atom stereocenters. The van der Waals surface area contributed by atoms with Gasteiger partial charge in [0.15, 0.2) is 0 Å². The van der Waals surface area contributed by atoms with Gasteiger partial charge in [-0.3, -0.25) is 0 Å². The first kappa shape index (κ1) is 16.4. The van der Waals surface area contributed by atoms with Crippen molar-refractivity contribution in [2.45, 2.75) is 13.3 Å². The Morgan fingerprint density at radius 2 is 1.62 bits per heavy atom. The number of ether oxygens (including phenoxy) is 3. The van der Waals surface area contributed by atoms with Crippen molar-refractivity contribution in [1.82, 2.24) is 0 Å². The molecule has 0 aliphatic rings. The normalized spacial score (nSPS) is 11.5. The van der Waals surface area contributed by atoms with Crippen LogP contribution in [0.5, 0.6) is 23.0 Å². The Labute approximate surface area is 140 Å². The molecule has 0 saturated carbocycles. The number of alkyl halides is 3. The summed E-state index contributed by atoms with van der Waals surface area (Å²) in [5.41, 5.74) is 1.02. The van der Waals surface area contributed by atoms with E-state index in [1.165, 1.54) is 35.6 Å². The molecule has 0 saturated heterocycles. The summed E-state index contributed by atoms with van der Waals surface area (Å²) in [5, 5.41) is 2.74. The van der Waals surface area contributed by atoms with E-state index in [-0.39, 0.29) is 5.75 Å². The lowest BCUT2D eigenvalue weighted by molar-refractivity contribution is -0.274. The highest BCUT2D eigenvalue weighted by Gasteiger charge is 2.31. The topological polar surface area (TPSA) is 27.7 Å². The Bertz CT molecular complexity index is 854. The van der Waals surface area contributed by atoms with Crippen LogP contribution in [0.25, 0.3) is 10.1 Å². The van der Waals surface area contributed by atoms with E-state index >= 15 is 0 Å². The zero-order chi connectivity index (χ0) is 17.3. The predicted octanol–water partition coefficient (Wildman–Crippen LogP) is 5.91. The van der Waals surface area contributed by atoms with Crippen molar-refractivity contribution < 1.29 is 27.4 Å². The number of halogens is 3. The Morgan fingerprint density at radius 1 is 0.958 bits per heavy atom. The molecular weight excluding hydrogens is 341 g/mol. The Kier molecular flexibility index (Phi) is 4.28. The summed E-state index contributed by atoms with van der Waals surface area (Å²) in [6, 6.07) is 9.17. The molecule has 3 rings (SSSR count). The quantitative estimate of drug-likeness (QED) is 0.583. The van der Waals surface area contributed by atoms with Crippen LogP contribution >= 0.6 is 11.3 Å². The molecule has 0 spiro atoms. The minimum Gasteiger partial charge on any atom is -0.496 e. The van der Waals surface area contributed by atoms with Crippen LogP contribution in [0.4, 0.5) is 13.2 Å². The van der Waals surface area contributed by atoms with Gasteiger partial charge in [-0.15, -0.1) is 24.5 Å². The molecule has 0 fully saturated rings. The molecule has 1 aromatic heterocycles. The van der Waals surface area contributed by atoms with Gasteiger partial charge in [-0.25, -0.2) is 0 Å². The van der Waals surface area contributed by atoms with Gasteiger partial charge < -0.3 is 14.2 Å². The van der Waals surface area contributed by atoms with E-state index in [4.69, 9.17) is 9.47 Å². The van der Waals surface area contributed by atoms with Gasteiger partial charge in [0.1, 0.15) is 23.0 Å². The van der Waals surface area contributed by atoms with E-state index in [2.05, 4.69) is 4.74 Å². The highest BCUT2D eigenvalue weighted by Crippen LogP contribution is 2.39. The van der Waals surface area contributed by atoms with E-state index in [0.717, 1.165) is 21.4 Å². The van der Waals surface area contributed by atoms with Gasteiger partial charge in [-0.05, 0) is 48.9 Å². The molecule has 3 aromatic rings. The lowest BCUT2D eigenvalue weighted by Crippen LogP contribution is -2.16. The SMILES string of the molecule is COc1cc2c(Oc3ccc(OC(F)(F)F)cc3)csc2cc1C. The first-order chi connectivity index (χ1) is 11.4. The standard InChI is InChI=1S/C17H13F3O3S/c1-10-7-16-13(8-14(10)21-2)15(9-24-16)22-11-3-5-12(6-4-11)23-17(18,19)20/h3-9H,1-2H3. The number of rotatable bonds is 4. The number of hydrogen-bond acceptors (Lipinski definition) is 4. The van der Waals surface area contributed by atoms with Crippen LogP contribution in [0.1, 0.15) is 5.56 Å². The average molecular weight is 354 g/mol. The second-order valence-electron chi connectivity index (χ2n) is 5.04.